The SMILES string of the molecule is O=C1/C(=C\c2ccc(Cl)c(Cl)c2)[S+]([O-])Nc2ccc(C#CCc3ccccc3)cc21. The van der Waals surface area contributed by atoms with Crippen molar-refractivity contribution in [2.24, 2.45) is 0 Å². The van der Waals surface area contributed by atoms with Crippen LogP contribution in [-0.4, -0.2) is 10.3 Å². The number of anilines is 1. The molecule has 1 aliphatic rings. The minimum Gasteiger partial charge on any atom is -0.588 e. The van der Waals surface area contributed by atoms with Crippen molar-refractivity contribution in [2.75, 3.05) is 4.72 Å². The standard InChI is InChI=1S/C24H15Cl2NO2S/c25-20-11-9-18(14-21(20)26)15-23-24(28)19-13-17(10-12-22(19)27-30(23)29)8-4-7-16-5-2-1-3-6-16/h1-3,5-6,9-15,27H,7H2/b23-15+. The maximum Gasteiger partial charge on any atom is 0.245 e. The normalized spacial score (nSPS) is 16.4. The van der Waals surface area contributed by atoms with Gasteiger partial charge in [-0.15, -0.1) is 0 Å². The topological polar surface area (TPSA) is 52.2 Å². The number of benzene rings is 3. The lowest BCUT2D eigenvalue weighted by Crippen LogP contribution is -2.27. The Labute approximate surface area is 188 Å². The van der Waals surface area contributed by atoms with Gasteiger partial charge in [-0.1, -0.05) is 71.4 Å². The molecule has 1 N–H and O–H groups in total. The number of Topliss-reactive ketones (excluding diaryl/α,β-unsaturated/α-hetero) is 1. The van der Waals surface area contributed by atoms with E-state index < -0.39 is 11.4 Å². The van der Waals surface area contributed by atoms with Crippen molar-refractivity contribution < 1.29 is 9.35 Å². The minimum atomic E-state index is -1.67. The molecule has 0 spiro atoms. The number of hydrogen-bond acceptors (Lipinski definition) is 3. The fourth-order valence-electron chi connectivity index (χ4n) is 2.99. The maximum absolute atomic E-state index is 13.0. The Kier molecular flexibility index (Phi) is 6.17. The number of carbonyl (C=O) groups is 1. The van der Waals surface area contributed by atoms with Crippen molar-refractivity contribution in [3.63, 3.8) is 0 Å². The molecule has 0 fully saturated rings. The van der Waals surface area contributed by atoms with Crippen molar-refractivity contribution in [3.8, 4) is 11.8 Å². The third-order valence-corrected chi connectivity index (χ3v) is 6.35. The van der Waals surface area contributed by atoms with Crippen LogP contribution in [0.15, 0.2) is 71.6 Å². The molecule has 3 aromatic rings. The van der Waals surface area contributed by atoms with E-state index in [1.165, 1.54) is 0 Å². The number of rotatable bonds is 2. The van der Waals surface area contributed by atoms with Gasteiger partial charge in [-0.3, -0.25) is 4.79 Å². The molecule has 0 radical (unpaired) electrons. The molecule has 1 unspecified atom stereocenters. The van der Waals surface area contributed by atoms with E-state index >= 15 is 0 Å². The summed E-state index contributed by atoms with van der Waals surface area (Å²) in [7, 11) is 0. The van der Waals surface area contributed by atoms with Gasteiger partial charge in [0.15, 0.2) is 0 Å². The summed E-state index contributed by atoms with van der Waals surface area (Å²) < 4.78 is 15.4. The van der Waals surface area contributed by atoms with Gasteiger partial charge in [-0.25, -0.2) is 4.72 Å². The van der Waals surface area contributed by atoms with Crippen LogP contribution in [0.1, 0.15) is 27.0 Å². The van der Waals surface area contributed by atoms with Crippen molar-refractivity contribution in [3.05, 3.63) is 104 Å². The smallest absolute Gasteiger partial charge is 0.245 e. The van der Waals surface area contributed by atoms with Crippen LogP contribution in [0.4, 0.5) is 5.69 Å². The number of ketones is 1. The second kappa shape index (κ2) is 8.99. The molecule has 0 aliphatic carbocycles. The lowest BCUT2D eigenvalue weighted by Gasteiger charge is -2.21. The Hall–Kier alpha value is -2.68. The Bertz CT molecular complexity index is 1210. The first-order valence-electron chi connectivity index (χ1n) is 9.08. The van der Waals surface area contributed by atoms with Crippen LogP contribution in [0.3, 0.4) is 0 Å². The Morgan fingerprint density at radius 1 is 1.00 bits per heavy atom. The first kappa shape index (κ1) is 20.6. The number of halogens is 2. The molecule has 3 nitrogen and oxygen atoms in total. The summed E-state index contributed by atoms with van der Waals surface area (Å²) >= 11 is 10.3. The molecule has 6 heteroatoms. The third-order valence-electron chi connectivity index (χ3n) is 4.50. The summed E-state index contributed by atoms with van der Waals surface area (Å²) in [5, 5.41) is 0.779. The largest absolute Gasteiger partial charge is 0.588 e. The lowest BCUT2D eigenvalue weighted by molar-refractivity contribution is 0.104. The van der Waals surface area contributed by atoms with Crippen LogP contribution in [0.5, 0.6) is 0 Å². The molecular formula is C24H15Cl2NO2S. The van der Waals surface area contributed by atoms with Crippen LogP contribution < -0.4 is 4.72 Å². The Morgan fingerprint density at radius 2 is 1.80 bits per heavy atom. The zero-order valence-electron chi connectivity index (χ0n) is 15.6. The van der Waals surface area contributed by atoms with E-state index in [1.54, 1.807) is 36.4 Å². The quantitative estimate of drug-likeness (QED) is 0.299. The summed E-state index contributed by atoms with van der Waals surface area (Å²) in [6.07, 6.45) is 2.18. The number of nitrogens with one attached hydrogen (secondary N) is 1. The van der Waals surface area contributed by atoms with Crippen molar-refractivity contribution in [1.82, 2.24) is 0 Å². The van der Waals surface area contributed by atoms with E-state index in [9.17, 15) is 9.35 Å². The highest BCUT2D eigenvalue weighted by molar-refractivity contribution is 7.97. The highest BCUT2D eigenvalue weighted by atomic mass is 35.5. The summed E-state index contributed by atoms with van der Waals surface area (Å²) in [5.74, 6) is 5.92. The molecule has 3 aromatic carbocycles. The number of fused-ring (bicyclic) bond motifs is 1. The zero-order chi connectivity index (χ0) is 21.1. The van der Waals surface area contributed by atoms with Crippen LogP contribution in [-0.2, 0) is 17.8 Å². The van der Waals surface area contributed by atoms with Gasteiger partial charge in [0.1, 0.15) is 11.4 Å². The van der Waals surface area contributed by atoms with E-state index in [-0.39, 0.29) is 10.7 Å². The fourth-order valence-corrected chi connectivity index (χ4v) is 4.30. The van der Waals surface area contributed by atoms with Gasteiger partial charge in [0.05, 0.1) is 21.3 Å². The first-order chi connectivity index (χ1) is 14.5. The minimum absolute atomic E-state index is 0.148. The number of hydrogen-bond donors (Lipinski definition) is 1. The highest BCUT2D eigenvalue weighted by Gasteiger charge is 2.33. The van der Waals surface area contributed by atoms with Crippen LogP contribution in [0, 0.1) is 11.8 Å². The van der Waals surface area contributed by atoms with Crippen LogP contribution >= 0.6 is 23.2 Å². The first-order valence-corrected chi connectivity index (χ1v) is 11.0. The molecule has 1 aliphatic heterocycles. The van der Waals surface area contributed by atoms with Crippen molar-refractivity contribution in [2.45, 2.75) is 6.42 Å². The highest BCUT2D eigenvalue weighted by Crippen LogP contribution is 2.32. The molecule has 148 valence electrons. The summed E-state index contributed by atoms with van der Waals surface area (Å²) in [5.41, 5.74) is 3.46. The third kappa shape index (κ3) is 4.56. The fraction of sp³-hybridized carbons (Fsp3) is 0.0417. The average Bonchev–Trinajstić information content (AvgIpc) is 2.75. The second-order valence-corrected chi connectivity index (χ2v) is 8.60. The summed E-state index contributed by atoms with van der Waals surface area (Å²) in [6, 6.07) is 20.2. The second-order valence-electron chi connectivity index (χ2n) is 6.61. The molecule has 4 rings (SSSR count). The maximum atomic E-state index is 13.0. The van der Waals surface area contributed by atoms with E-state index in [1.807, 2.05) is 36.4 Å². The van der Waals surface area contributed by atoms with E-state index in [2.05, 4.69) is 16.6 Å². The molecule has 30 heavy (non-hydrogen) atoms. The molecule has 0 saturated carbocycles. The van der Waals surface area contributed by atoms with Crippen molar-refractivity contribution >= 4 is 52.1 Å². The van der Waals surface area contributed by atoms with Gasteiger partial charge in [-0.05, 0) is 41.5 Å². The average molecular weight is 452 g/mol. The van der Waals surface area contributed by atoms with Gasteiger partial charge in [0.2, 0.25) is 10.7 Å². The monoisotopic (exact) mass is 451 g/mol. The molecule has 1 atom stereocenters. The van der Waals surface area contributed by atoms with Gasteiger partial charge in [0.25, 0.3) is 0 Å². The Balaban J connectivity index is 1.61. The van der Waals surface area contributed by atoms with Gasteiger partial charge in [0, 0.05) is 18.1 Å². The molecule has 0 amide bonds. The van der Waals surface area contributed by atoms with E-state index in [0.29, 0.717) is 33.3 Å². The van der Waals surface area contributed by atoms with Crippen LogP contribution in [0.2, 0.25) is 10.0 Å². The summed E-state index contributed by atoms with van der Waals surface area (Å²) in [6.45, 7) is 0. The number of carbonyl (C=O) groups excluding carboxylic acids is 1. The molecule has 0 aromatic heterocycles. The molecular weight excluding hydrogens is 437 g/mol. The molecule has 0 saturated heterocycles. The van der Waals surface area contributed by atoms with Gasteiger partial charge < -0.3 is 4.55 Å². The van der Waals surface area contributed by atoms with E-state index in [0.717, 1.165) is 11.1 Å². The van der Waals surface area contributed by atoms with Gasteiger partial charge >= 0.3 is 0 Å². The molecule has 0 bridgehead atoms. The van der Waals surface area contributed by atoms with Gasteiger partial charge in [-0.2, -0.15) is 0 Å². The van der Waals surface area contributed by atoms with E-state index in [4.69, 9.17) is 23.2 Å². The predicted molar refractivity (Wildman–Crippen MR) is 124 cm³/mol. The number of allylic oxidation sites excluding steroid dienone is 1. The lowest BCUT2D eigenvalue weighted by atomic mass is 10.0. The Morgan fingerprint density at radius 3 is 2.57 bits per heavy atom. The zero-order valence-corrected chi connectivity index (χ0v) is 17.9. The van der Waals surface area contributed by atoms with Crippen molar-refractivity contribution in [1.29, 1.82) is 0 Å². The predicted octanol–water partition coefficient (Wildman–Crippen LogP) is 5.90. The summed E-state index contributed by atoms with van der Waals surface area (Å²) in [4.78, 5) is 13.2. The van der Waals surface area contributed by atoms with Crippen LogP contribution in [0.25, 0.3) is 6.08 Å². The molecule has 1 heterocycles.